The van der Waals surface area contributed by atoms with E-state index in [9.17, 15) is 4.79 Å². The van der Waals surface area contributed by atoms with Crippen molar-refractivity contribution in [3.63, 3.8) is 0 Å². The van der Waals surface area contributed by atoms with Crippen LogP contribution in [0.15, 0.2) is 17.1 Å². The summed E-state index contributed by atoms with van der Waals surface area (Å²) in [7, 11) is 0. The molecule has 2 heterocycles. The van der Waals surface area contributed by atoms with Gasteiger partial charge in [0.05, 0.1) is 6.10 Å². The second-order valence-corrected chi connectivity index (χ2v) is 4.52. The van der Waals surface area contributed by atoms with Gasteiger partial charge in [0.1, 0.15) is 0 Å². The van der Waals surface area contributed by atoms with Crippen LogP contribution in [0.2, 0.25) is 0 Å². The molecule has 1 saturated heterocycles. The number of hydrogen-bond acceptors (Lipinski definition) is 3. The molecule has 5 heteroatoms. The van der Waals surface area contributed by atoms with Crippen molar-refractivity contribution in [3.8, 4) is 0 Å². The lowest BCUT2D eigenvalue weighted by atomic mass is 10.00. The topological polar surface area (TPSA) is 47.0 Å². The standard InChI is InChI=1S/C11H16N2O2S/c1-2-9-8(4-6-15-9)7-13-5-3-10(14)12-11(13)16/h3,5,8-9H,2,4,6-7H2,1H3,(H,12,14,16). The Morgan fingerprint density at radius 3 is 3.19 bits per heavy atom. The molecule has 0 spiro atoms. The molecule has 1 aliphatic rings. The Balaban J connectivity index is 2.14. The van der Waals surface area contributed by atoms with E-state index in [1.165, 1.54) is 6.07 Å². The largest absolute Gasteiger partial charge is 0.378 e. The summed E-state index contributed by atoms with van der Waals surface area (Å²) in [4.78, 5) is 13.7. The molecule has 2 unspecified atom stereocenters. The van der Waals surface area contributed by atoms with Crippen molar-refractivity contribution in [2.45, 2.75) is 32.4 Å². The minimum Gasteiger partial charge on any atom is -0.378 e. The fourth-order valence-electron chi connectivity index (χ4n) is 2.19. The molecule has 0 aliphatic carbocycles. The Morgan fingerprint density at radius 2 is 2.50 bits per heavy atom. The van der Waals surface area contributed by atoms with Gasteiger partial charge in [-0.2, -0.15) is 0 Å². The van der Waals surface area contributed by atoms with Gasteiger partial charge < -0.3 is 9.30 Å². The number of H-pyrrole nitrogens is 1. The zero-order valence-corrected chi connectivity index (χ0v) is 10.1. The van der Waals surface area contributed by atoms with Crippen LogP contribution in [0.3, 0.4) is 0 Å². The predicted molar refractivity (Wildman–Crippen MR) is 64.0 cm³/mol. The van der Waals surface area contributed by atoms with Crippen LogP contribution in [0.1, 0.15) is 19.8 Å². The molecule has 0 saturated carbocycles. The minimum absolute atomic E-state index is 0.143. The van der Waals surface area contributed by atoms with E-state index in [1.807, 2.05) is 4.57 Å². The summed E-state index contributed by atoms with van der Waals surface area (Å²) in [6.45, 7) is 3.79. The summed E-state index contributed by atoms with van der Waals surface area (Å²) in [6.07, 6.45) is 4.18. The zero-order valence-electron chi connectivity index (χ0n) is 9.31. The minimum atomic E-state index is -0.143. The fourth-order valence-corrected chi connectivity index (χ4v) is 2.43. The Kier molecular flexibility index (Phi) is 3.56. The van der Waals surface area contributed by atoms with Crippen LogP contribution < -0.4 is 5.56 Å². The highest BCUT2D eigenvalue weighted by Gasteiger charge is 2.26. The molecule has 0 aromatic carbocycles. The van der Waals surface area contributed by atoms with E-state index in [4.69, 9.17) is 17.0 Å². The van der Waals surface area contributed by atoms with Crippen LogP contribution in [0.5, 0.6) is 0 Å². The fraction of sp³-hybridized carbons (Fsp3) is 0.636. The summed E-state index contributed by atoms with van der Waals surface area (Å²) >= 11 is 5.12. The lowest BCUT2D eigenvalue weighted by Gasteiger charge is -2.18. The summed E-state index contributed by atoms with van der Waals surface area (Å²) < 4.78 is 8.04. The molecule has 1 aromatic rings. The van der Waals surface area contributed by atoms with Crippen molar-refractivity contribution in [3.05, 3.63) is 27.4 Å². The number of aromatic nitrogens is 2. The van der Waals surface area contributed by atoms with Crippen molar-refractivity contribution in [2.75, 3.05) is 6.61 Å². The van der Waals surface area contributed by atoms with Crippen molar-refractivity contribution in [2.24, 2.45) is 5.92 Å². The van der Waals surface area contributed by atoms with Crippen LogP contribution in [-0.4, -0.2) is 22.3 Å². The average Bonchev–Trinajstić information content (AvgIpc) is 2.69. The number of hydrogen-bond donors (Lipinski definition) is 1. The van der Waals surface area contributed by atoms with Crippen molar-refractivity contribution >= 4 is 12.2 Å². The second kappa shape index (κ2) is 4.93. The number of nitrogens with one attached hydrogen (secondary N) is 1. The van der Waals surface area contributed by atoms with E-state index in [2.05, 4.69) is 11.9 Å². The molecule has 0 amide bonds. The van der Waals surface area contributed by atoms with Crippen LogP contribution in [-0.2, 0) is 11.3 Å². The number of ether oxygens (including phenoxy) is 1. The van der Waals surface area contributed by atoms with E-state index in [1.54, 1.807) is 6.20 Å². The van der Waals surface area contributed by atoms with E-state index in [-0.39, 0.29) is 5.56 Å². The Labute approximate surface area is 99.3 Å². The Hall–Kier alpha value is -0.940. The van der Waals surface area contributed by atoms with Gasteiger partial charge in [-0.05, 0) is 25.1 Å². The lowest BCUT2D eigenvalue weighted by Crippen LogP contribution is -2.22. The van der Waals surface area contributed by atoms with Crippen LogP contribution in [0, 0.1) is 10.7 Å². The molecule has 88 valence electrons. The Morgan fingerprint density at radius 1 is 1.69 bits per heavy atom. The molecular formula is C11H16N2O2S. The highest BCUT2D eigenvalue weighted by molar-refractivity contribution is 7.71. The van der Waals surface area contributed by atoms with E-state index in [0.29, 0.717) is 16.8 Å². The molecular weight excluding hydrogens is 224 g/mol. The average molecular weight is 240 g/mol. The van der Waals surface area contributed by atoms with E-state index < -0.39 is 0 Å². The SMILES string of the molecule is CCC1OCCC1Cn1ccc(=O)[nH]c1=S. The third-order valence-electron chi connectivity index (χ3n) is 3.08. The van der Waals surface area contributed by atoms with Gasteiger partial charge in [0.2, 0.25) is 0 Å². The highest BCUT2D eigenvalue weighted by atomic mass is 32.1. The molecule has 0 bridgehead atoms. The first-order valence-corrected chi connectivity index (χ1v) is 6.03. The molecule has 2 atom stereocenters. The molecule has 1 N–H and O–H groups in total. The van der Waals surface area contributed by atoms with Crippen LogP contribution in [0.4, 0.5) is 0 Å². The van der Waals surface area contributed by atoms with Gasteiger partial charge in [-0.1, -0.05) is 6.92 Å². The van der Waals surface area contributed by atoms with Gasteiger partial charge in [0.25, 0.3) is 5.56 Å². The van der Waals surface area contributed by atoms with Gasteiger partial charge in [-0.15, -0.1) is 0 Å². The third-order valence-corrected chi connectivity index (χ3v) is 3.41. The first kappa shape index (κ1) is 11.5. The maximum atomic E-state index is 11.0. The Bertz CT molecular complexity index is 466. The summed E-state index contributed by atoms with van der Waals surface area (Å²) in [6, 6.07) is 1.51. The zero-order chi connectivity index (χ0) is 11.5. The van der Waals surface area contributed by atoms with Crippen molar-refractivity contribution in [1.82, 2.24) is 9.55 Å². The first-order valence-electron chi connectivity index (χ1n) is 5.62. The maximum Gasteiger partial charge on any atom is 0.251 e. The molecule has 1 fully saturated rings. The predicted octanol–water partition coefficient (Wildman–Crippen LogP) is 1.72. The van der Waals surface area contributed by atoms with E-state index >= 15 is 0 Å². The quantitative estimate of drug-likeness (QED) is 0.818. The second-order valence-electron chi connectivity index (χ2n) is 4.13. The van der Waals surface area contributed by atoms with Crippen molar-refractivity contribution < 1.29 is 4.74 Å². The lowest BCUT2D eigenvalue weighted by molar-refractivity contribution is 0.0833. The summed E-state index contributed by atoms with van der Waals surface area (Å²) in [5, 5.41) is 0. The molecule has 16 heavy (non-hydrogen) atoms. The molecule has 1 aromatic heterocycles. The summed E-state index contributed by atoms with van der Waals surface area (Å²) in [5.74, 6) is 0.502. The van der Waals surface area contributed by atoms with Gasteiger partial charge in [-0.25, -0.2) is 0 Å². The normalized spacial score (nSPS) is 24.8. The maximum absolute atomic E-state index is 11.0. The molecule has 4 nitrogen and oxygen atoms in total. The van der Waals surface area contributed by atoms with Gasteiger partial charge in [0.15, 0.2) is 4.77 Å². The van der Waals surface area contributed by atoms with Gasteiger partial charge in [-0.3, -0.25) is 9.78 Å². The number of rotatable bonds is 3. The monoisotopic (exact) mass is 240 g/mol. The van der Waals surface area contributed by atoms with Crippen molar-refractivity contribution in [1.29, 1.82) is 0 Å². The van der Waals surface area contributed by atoms with E-state index in [0.717, 1.165) is 26.0 Å². The number of aromatic amines is 1. The molecule has 0 radical (unpaired) electrons. The number of nitrogens with zero attached hydrogens (tertiary/aromatic N) is 1. The third kappa shape index (κ3) is 2.41. The first-order chi connectivity index (χ1) is 7.70. The highest BCUT2D eigenvalue weighted by Crippen LogP contribution is 2.24. The van der Waals surface area contributed by atoms with Gasteiger partial charge >= 0.3 is 0 Å². The summed E-state index contributed by atoms with van der Waals surface area (Å²) in [5.41, 5.74) is -0.143. The van der Waals surface area contributed by atoms with Crippen LogP contribution in [0.25, 0.3) is 0 Å². The molecule has 2 rings (SSSR count). The molecule has 1 aliphatic heterocycles. The van der Waals surface area contributed by atoms with Gasteiger partial charge in [0, 0.05) is 31.3 Å². The smallest absolute Gasteiger partial charge is 0.251 e. The van der Waals surface area contributed by atoms with Crippen LogP contribution >= 0.6 is 12.2 Å².